The Morgan fingerprint density at radius 1 is 1.33 bits per heavy atom. The Bertz CT molecular complexity index is 416. The number of piperazine rings is 1. The van der Waals surface area contributed by atoms with Crippen LogP contribution in [-0.2, 0) is 0 Å². The summed E-state index contributed by atoms with van der Waals surface area (Å²) in [7, 11) is 2.17. The van der Waals surface area contributed by atoms with Crippen LogP contribution in [0.2, 0.25) is 0 Å². The Morgan fingerprint density at radius 2 is 2.00 bits per heavy atom. The van der Waals surface area contributed by atoms with Crippen LogP contribution in [0.15, 0.2) is 24.3 Å². The van der Waals surface area contributed by atoms with E-state index in [1.54, 1.807) is 12.1 Å². The summed E-state index contributed by atoms with van der Waals surface area (Å²) in [5.41, 5.74) is 1.46. The summed E-state index contributed by atoms with van der Waals surface area (Å²) in [6.07, 6.45) is 1.14. The number of carbonyl (C=O) groups is 1. The largest absolute Gasteiger partial charge is 0.478 e. The van der Waals surface area contributed by atoms with Crippen LogP contribution < -0.4 is 4.90 Å². The van der Waals surface area contributed by atoms with E-state index in [9.17, 15) is 4.79 Å². The second-order valence-electron chi connectivity index (χ2n) is 4.84. The van der Waals surface area contributed by atoms with Gasteiger partial charge >= 0.3 is 5.97 Å². The van der Waals surface area contributed by atoms with Crippen molar-refractivity contribution in [3.8, 4) is 0 Å². The van der Waals surface area contributed by atoms with Crippen molar-refractivity contribution in [1.29, 1.82) is 0 Å². The Balaban J connectivity index is 2.09. The lowest BCUT2D eigenvalue weighted by atomic mass is 10.1. The fourth-order valence-corrected chi connectivity index (χ4v) is 2.44. The van der Waals surface area contributed by atoms with E-state index in [1.807, 2.05) is 12.1 Å². The molecule has 0 aliphatic carbocycles. The van der Waals surface area contributed by atoms with Crippen molar-refractivity contribution in [2.75, 3.05) is 31.6 Å². The Hall–Kier alpha value is -1.55. The molecule has 18 heavy (non-hydrogen) atoms. The van der Waals surface area contributed by atoms with Gasteiger partial charge in [-0.3, -0.25) is 4.90 Å². The number of benzene rings is 1. The number of likely N-dealkylation sites (N-methyl/N-ethyl adjacent to an activating group) is 1. The van der Waals surface area contributed by atoms with Crippen molar-refractivity contribution < 1.29 is 9.90 Å². The molecule has 1 N–H and O–H groups in total. The van der Waals surface area contributed by atoms with Gasteiger partial charge in [-0.2, -0.15) is 0 Å². The summed E-state index contributed by atoms with van der Waals surface area (Å²) in [5, 5.41) is 8.88. The summed E-state index contributed by atoms with van der Waals surface area (Å²) < 4.78 is 0. The number of carboxylic acids is 1. The molecule has 1 aliphatic rings. The van der Waals surface area contributed by atoms with Gasteiger partial charge in [0.05, 0.1) is 5.56 Å². The molecule has 0 radical (unpaired) electrons. The van der Waals surface area contributed by atoms with E-state index in [0.717, 1.165) is 31.7 Å². The number of rotatable bonds is 3. The predicted molar refractivity (Wildman–Crippen MR) is 72.3 cm³/mol. The molecular weight excluding hydrogens is 228 g/mol. The monoisotopic (exact) mass is 248 g/mol. The molecule has 98 valence electrons. The summed E-state index contributed by atoms with van der Waals surface area (Å²) >= 11 is 0. The zero-order valence-electron chi connectivity index (χ0n) is 11.0. The van der Waals surface area contributed by atoms with Gasteiger partial charge in [-0.25, -0.2) is 4.79 Å². The molecule has 0 aromatic heterocycles. The van der Waals surface area contributed by atoms with Crippen molar-refractivity contribution in [2.45, 2.75) is 19.4 Å². The molecule has 2 rings (SSSR count). The number of anilines is 1. The lowest BCUT2D eigenvalue weighted by Gasteiger charge is -2.40. The van der Waals surface area contributed by atoms with Gasteiger partial charge in [0.15, 0.2) is 0 Å². The first-order valence-electron chi connectivity index (χ1n) is 6.40. The molecule has 4 nitrogen and oxygen atoms in total. The van der Waals surface area contributed by atoms with Crippen molar-refractivity contribution >= 4 is 11.7 Å². The average Bonchev–Trinajstić information content (AvgIpc) is 2.39. The van der Waals surface area contributed by atoms with Crippen molar-refractivity contribution in [3.63, 3.8) is 0 Å². The first-order chi connectivity index (χ1) is 8.61. The highest BCUT2D eigenvalue weighted by molar-refractivity contribution is 5.88. The third-order valence-corrected chi connectivity index (χ3v) is 3.73. The van der Waals surface area contributed by atoms with E-state index >= 15 is 0 Å². The minimum absolute atomic E-state index is 0.347. The molecule has 1 fully saturated rings. The molecule has 1 atom stereocenters. The third kappa shape index (κ3) is 2.64. The minimum Gasteiger partial charge on any atom is -0.478 e. The number of nitrogens with zero attached hydrogens (tertiary/aromatic N) is 2. The molecule has 1 unspecified atom stereocenters. The fraction of sp³-hybridized carbons (Fsp3) is 0.500. The van der Waals surface area contributed by atoms with Crippen LogP contribution in [0.1, 0.15) is 23.7 Å². The van der Waals surface area contributed by atoms with E-state index in [2.05, 4.69) is 23.8 Å². The van der Waals surface area contributed by atoms with Crippen LogP contribution in [-0.4, -0.2) is 48.7 Å². The molecule has 0 bridgehead atoms. The van der Waals surface area contributed by atoms with Gasteiger partial charge in [-0.15, -0.1) is 0 Å². The van der Waals surface area contributed by atoms with Crippen molar-refractivity contribution in [2.24, 2.45) is 0 Å². The maximum Gasteiger partial charge on any atom is 0.335 e. The standard InChI is InChI=1S/C14H20N2O2/c1-3-12-10-16(9-8-15(12)2)13-6-4-11(5-7-13)14(17)18/h4-7,12H,3,8-10H2,1-2H3,(H,17,18). The quantitative estimate of drug-likeness (QED) is 0.887. The summed E-state index contributed by atoms with van der Waals surface area (Å²) in [6.45, 7) is 5.27. The fourth-order valence-electron chi connectivity index (χ4n) is 2.44. The minimum atomic E-state index is -0.869. The first kappa shape index (κ1) is 12.9. The van der Waals surface area contributed by atoms with Crippen LogP contribution in [0.4, 0.5) is 5.69 Å². The number of aromatic carboxylic acids is 1. The second kappa shape index (κ2) is 5.40. The van der Waals surface area contributed by atoms with Crippen LogP contribution in [0, 0.1) is 0 Å². The molecule has 1 heterocycles. The number of hydrogen-bond acceptors (Lipinski definition) is 3. The van der Waals surface area contributed by atoms with E-state index in [-0.39, 0.29) is 0 Å². The van der Waals surface area contributed by atoms with E-state index in [4.69, 9.17) is 5.11 Å². The van der Waals surface area contributed by atoms with Gasteiger partial charge in [0, 0.05) is 31.4 Å². The highest BCUT2D eigenvalue weighted by Crippen LogP contribution is 2.20. The van der Waals surface area contributed by atoms with Gasteiger partial charge < -0.3 is 10.0 Å². The molecule has 0 spiro atoms. The van der Waals surface area contributed by atoms with Gasteiger partial charge in [0.1, 0.15) is 0 Å². The average molecular weight is 248 g/mol. The van der Waals surface area contributed by atoms with Crippen LogP contribution in [0.3, 0.4) is 0 Å². The molecular formula is C14H20N2O2. The van der Waals surface area contributed by atoms with Gasteiger partial charge in [0.2, 0.25) is 0 Å². The molecule has 0 amide bonds. The van der Waals surface area contributed by atoms with Gasteiger partial charge in [-0.1, -0.05) is 6.92 Å². The van der Waals surface area contributed by atoms with Gasteiger partial charge in [-0.05, 0) is 37.7 Å². The molecule has 1 aliphatic heterocycles. The van der Waals surface area contributed by atoms with Crippen LogP contribution in [0.25, 0.3) is 0 Å². The van der Waals surface area contributed by atoms with E-state index in [0.29, 0.717) is 11.6 Å². The Labute approximate surface area is 108 Å². The Kier molecular flexibility index (Phi) is 3.87. The van der Waals surface area contributed by atoms with E-state index in [1.165, 1.54) is 0 Å². The normalized spacial score (nSPS) is 21.0. The molecule has 1 saturated heterocycles. The smallest absolute Gasteiger partial charge is 0.335 e. The first-order valence-corrected chi connectivity index (χ1v) is 6.40. The van der Waals surface area contributed by atoms with Crippen molar-refractivity contribution in [1.82, 2.24) is 4.90 Å². The molecule has 1 aromatic rings. The van der Waals surface area contributed by atoms with E-state index < -0.39 is 5.97 Å². The zero-order chi connectivity index (χ0) is 13.1. The SMILES string of the molecule is CCC1CN(c2ccc(C(=O)O)cc2)CCN1C. The van der Waals surface area contributed by atoms with Crippen LogP contribution >= 0.6 is 0 Å². The molecule has 0 saturated carbocycles. The maximum atomic E-state index is 10.8. The predicted octanol–water partition coefficient (Wildman–Crippen LogP) is 1.92. The highest BCUT2D eigenvalue weighted by Gasteiger charge is 2.22. The topological polar surface area (TPSA) is 43.8 Å². The number of carboxylic acid groups (broad SMARTS) is 1. The Morgan fingerprint density at radius 3 is 2.56 bits per heavy atom. The lowest BCUT2D eigenvalue weighted by molar-refractivity contribution is 0.0697. The second-order valence-corrected chi connectivity index (χ2v) is 4.84. The summed E-state index contributed by atoms with van der Waals surface area (Å²) in [5.74, 6) is -0.869. The van der Waals surface area contributed by atoms with Crippen molar-refractivity contribution in [3.05, 3.63) is 29.8 Å². The number of hydrogen-bond donors (Lipinski definition) is 1. The maximum absolute atomic E-state index is 10.8. The molecule has 1 aromatic carbocycles. The summed E-state index contributed by atoms with van der Waals surface area (Å²) in [4.78, 5) is 15.5. The summed E-state index contributed by atoms with van der Waals surface area (Å²) in [6, 6.07) is 7.74. The highest BCUT2D eigenvalue weighted by atomic mass is 16.4. The molecule has 4 heteroatoms. The third-order valence-electron chi connectivity index (χ3n) is 3.73. The zero-order valence-corrected chi connectivity index (χ0v) is 11.0. The van der Waals surface area contributed by atoms with Crippen LogP contribution in [0.5, 0.6) is 0 Å². The lowest BCUT2D eigenvalue weighted by Crippen LogP contribution is -2.51. The van der Waals surface area contributed by atoms with Gasteiger partial charge in [0.25, 0.3) is 0 Å².